The van der Waals surface area contributed by atoms with Crippen molar-refractivity contribution >= 4 is 11.9 Å². The molecule has 7 heteroatoms. The molecule has 0 bridgehead atoms. The number of benzene rings is 1. The van der Waals surface area contributed by atoms with E-state index in [0.29, 0.717) is 37.9 Å². The van der Waals surface area contributed by atoms with E-state index < -0.39 is 0 Å². The number of rotatable bonds is 7. The number of ether oxygens (including phenoxy) is 2. The molecule has 0 unspecified atom stereocenters. The van der Waals surface area contributed by atoms with Crippen LogP contribution in [0.4, 0.5) is 0 Å². The van der Waals surface area contributed by atoms with Crippen molar-refractivity contribution in [3.63, 3.8) is 0 Å². The lowest BCUT2D eigenvalue weighted by Crippen LogP contribution is -2.41. The second-order valence-electron chi connectivity index (χ2n) is 7.10. The van der Waals surface area contributed by atoms with Crippen LogP contribution in [0, 0.1) is 5.92 Å². The van der Waals surface area contributed by atoms with Crippen LogP contribution in [0.3, 0.4) is 0 Å². The topological polar surface area (TPSA) is 84.0 Å². The van der Waals surface area contributed by atoms with Gasteiger partial charge < -0.3 is 25.4 Å². The maximum atomic E-state index is 12.0. The van der Waals surface area contributed by atoms with E-state index in [-0.39, 0.29) is 12.7 Å². The average molecular weight is 374 g/mol. The molecule has 1 fully saturated rings. The Kier molecular flexibility index (Phi) is 7.19. The predicted octanol–water partition coefficient (Wildman–Crippen LogP) is 2.17. The summed E-state index contributed by atoms with van der Waals surface area (Å²) < 4.78 is 10.7. The third-order valence-corrected chi connectivity index (χ3v) is 5.06. The molecule has 3 rings (SSSR count). The van der Waals surface area contributed by atoms with E-state index in [1.165, 1.54) is 32.1 Å². The van der Waals surface area contributed by atoms with Gasteiger partial charge in [0.2, 0.25) is 12.7 Å². The van der Waals surface area contributed by atoms with Crippen LogP contribution in [0.5, 0.6) is 11.5 Å². The zero-order valence-corrected chi connectivity index (χ0v) is 16.1. The Balaban J connectivity index is 1.31. The highest BCUT2D eigenvalue weighted by atomic mass is 16.7. The van der Waals surface area contributed by atoms with Crippen molar-refractivity contribution in [3.8, 4) is 11.5 Å². The molecule has 1 aliphatic heterocycles. The zero-order valence-electron chi connectivity index (χ0n) is 16.1. The minimum absolute atomic E-state index is 0.159. The fourth-order valence-electron chi connectivity index (χ4n) is 3.57. The van der Waals surface area contributed by atoms with E-state index >= 15 is 0 Å². The SMILES string of the molecule is CN=C(NCCNC(=O)CC1CCCCC1)NCc1ccc2c(c1)OCO2. The lowest BCUT2D eigenvalue weighted by atomic mass is 9.87. The number of nitrogens with zero attached hydrogens (tertiary/aromatic N) is 1. The molecule has 1 heterocycles. The first-order valence-corrected chi connectivity index (χ1v) is 9.84. The van der Waals surface area contributed by atoms with Gasteiger partial charge in [-0.1, -0.05) is 25.3 Å². The Morgan fingerprint density at radius 3 is 2.67 bits per heavy atom. The van der Waals surface area contributed by atoms with Crippen molar-refractivity contribution < 1.29 is 14.3 Å². The van der Waals surface area contributed by atoms with Crippen molar-refractivity contribution in [1.29, 1.82) is 0 Å². The minimum atomic E-state index is 0.159. The normalized spacial score (nSPS) is 16.9. The van der Waals surface area contributed by atoms with E-state index in [1.54, 1.807) is 7.05 Å². The van der Waals surface area contributed by atoms with Crippen LogP contribution >= 0.6 is 0 Å². The standard InChI is InChI=1S/C20H30N4O3/c1-21-20(24-13-16-7-8-17-18(11-16)27-14-26-17)23-10-9-22-19(25)12-15-5-3-2-4-6-15/h7-8,11,15H,2-6,9-10,12-14H2,1H3,(H,22,25)(H2,21,23,24). The molecule has 0 spiro atoms. The molecule has 2 aliphatic rings. The second kappa shape index (κ2) is 10.0. The van der Waals surface area contributed by atoms with Crippen molar-refractivity contribution in [2.24, 2.45) is 10.9 Å². The van der Waals surface area contributed by atoms with Crippen LogP contribution in [0.15, 0.2) is 23.2 Å². The van der Waals surface area contributed by atoms with Gasteiger partial charge in [-0.3, -0.25) is 9.79 Å². The Morgan fingerprint density at radius 2 is 1.85 bits per heavy atom. The molecule has 0 radical (unpaired) electrons. The maximum Gasteiger partial charge on any atom is 0.231 e. The van der Waals surface area contributed by atoms with Gasteiger partial charge in [-0.25, -0.2) is 0 Å². The van der Waals surface area contributed by atoms with E-state index in [2.05, 4.69) is 20.9 Å². The van der Waals surface area contributed by atoms with Crippen LogP contribution < -0.4 is 25.4 Å². The molecule has 27 heavy (non-hydrogen) atoms. The lowest BCUT2D eigenvalue weighted by molar-refractivity contribution is -0.122. The van der Waals surface area contributed by atoms with Crippen LogP contribution in [0.2, 0.25) is 0 Å². The summed E-state index contributed by atoms with van der Waals surface area (Å²) in [5, 5.41) is 9.48. The van der Waals surface area contributed by atoms with Gasteiger partial charge in [0, 0.05) is 33.1 Å². The van der Waals surface area contributed by atoms with Crippen molar-refractivity contribution in [3.05, 3.63) is 23.8 Å². The van der Waals surface area contributed by atoms with Gasteiger partial charge in [0.1, 0.15) is 0 Å². The monoisotopic (exact) mass is 374 g/mol. The minimum Gasteiger partial charge on any atom is -0.454 e. The fraction of sp³-hybridized carbons (Fsp3) is 0.600. The molecule has 0 saturated heterocycles. The number of amides is 1. The summed E-state index contributed by atoms with van der Waals surface area (Å²) in [7, 11) is 1.73. The number of carbonyl (C=O) groups excluding carboxylic acids is 1. The maximum absolute atomic E-state index is 12.0. The summed E-state index contributed by atoms with van der Waals surface area (Å²) in [6.45, 7) is 2.14. The summed E-state index contributed by atoms with van der Waals surface area (Å²) in [5.41, 5.74) is 1.09. The summed E-state index contributed by atoms with van der Waals surface area (Å²) in [6.07, 6.45) is 6.91. The van der Waals surface area contributed by atoms with Gasteiger partial charge in [-0.2, -0.15) is 0 Å². The molecule has 0 atom stereocenters. The first kappa shape index (κ1) is 19.3. The summed E-state index contributed by atoms with van der Waals surface area (Å²) in [4.78, 5) is 16.2. The molecular formula is C20H30N4O3. The summed E-state index contributed by atoms with van der Waals surface area (Å²) in [6, 6.07) is 5.88. The molecule has 0 aromatic heterocycles. The van der Waals surface area contributed by atoms with Crippen molar-refractivity contribution in [2.75, 3.05) is 26.9 Å². The summed E-state index contributed by atoms with van der Waals surface area (Å²) in [5.74, 6) is 2.99. The van der Waals surface area contributed by atoms with E-state index in [1.807, 2.05) is 18.2 Å². The predicted molar refractivity (Wildman–Crippen MR) is 105 cm³/mol. The first-order valence-electron chi connectivity index (χ1n) is 9.84. The van der Waals surface area contributed by atoms with Crippen LogP contribution in [0.1, 0.15) is 44.1 Å². The molecule has 7 nitrogen and oxygen atoms in total. The van der Waals surface area contributed by atoms with Gasteiger partial charge in [-0.15, -0.1) is 0 Å². The highest BCUT2D eigenvalue weighted by molar-refractivity contribution is 5.80. The number of carbonyl (C=O) groups is 1. The summed E-state index contributed by atoms with van der Waals surface area (Å²) >= 11 is 0. The molecule has 1 aromatic carbocycles. The molecule has 1 aromatic rings. The third-order valence-electron chi connectivity index (χ3n) is 5.06. The highest BCUT2D eigenvalue weighted by Gasteiger charge is 2.16. The first-order chi connectivity index (χ1) is 13.2. The third kappa shape index (κ3) is 6.05. The Labute approximate surface area is 160 Å². The van der Waals surface area contributed by atoms with Crippen LogP contribution in [-0.2, 0) is 11.3 Å². The van der Waals surface area contributed by atoms with Crippen molar-refractivity contribution in [2.45, 2.75) is 45.1 Å². The zero-order chi connectivity index (χ0) is 18.9. The van der Waals surface area contributed by atoms with Gasteiger partial charge in [0.05, 0.1) is 0 Å². The van der Waals surface area contributed by atoms with E-state index in [0.717, 1.165) is 17.1 Å². The largest absolute Gasteiger partial charge is 0.454 e. The number of hydrogen-bond donors (Lipinski definition) is 3. The number of nitrogens with one attached hydrogen (secondary N) is 3. The Bertz CT molecular complexity index is 657. The lowest BCUT2D eigenvalue weighted by Gasteiger charge is -2.20. The van der Waals surface area contributed by atoms with Gasteiger partial charge in [-0.05, 0) is 36.5 Å². The molecule has 3 N–H and O–H groups in total. The quantitative estimate of drug-likeness (QED) is 0.387. The number of guanidine groups is 1. The van der Waals surface area contributed by atoms with Crippen molar-refractivity contribution in [1.82, 2.24) is 16.0 Å². The fourth-order valence-corrected chi connectivity index (χ4v) is 3.57. The van der Waals surface area contributed by atoms with Gasteiger partial charge >= 0.3 is 0 Å². The smallest absolute Gasteiger partial charge is 0.231 e. The van der Waals surface area contributed by atoms with E-state index in [4.69, 9.17) is 9.47 Å². The second-order valence-corrected chi connectivity index (χ2v) is 7.10. The molecule has 1 aliphatic carbocycles. The number of aliphatic imine (C=N–C) groups is 1. The molecule has 148 valence electrons. The molecule has 1 saturated carbocycles. The number of hydrogen-bond acceptors (Lipinski definition) is 4. The average Bonchev–Trinajstić information content (AvgIpc) is 3.16. The molecular weight excluding hydrogens is 344 g/mol. The Morgan fingerprint density at radius 1 is 1.07 bits per heavy atom. The van der Waals surface area contributed by atoms with Crippen LogP contribution in [0.25, 0.3) is 0 Å². The highest BCUT2D eigenvalue weighted by Crippen LogP contribution is 2.32. The Hall–Kier alpha value is -2.44. The number of fused-ring (bicyclic) bond motifs is 1. The van der Waals surface area contributed by atoms with E-state index in [9.17, 15) is 4.79 Å². The van der Waals surface area contributed by atoms with Gasteiger partial charge in [0.15, 0.2) is 17.5 Å². The van der Waals surface area contributed by atoms with Gasteiger partial charge in [0.25, 0.3) is 0 Å². The van der Waals surface area contributed by atoms with Crippen LogP contribution in [-0.4, -0.2) is 38.8 Å². The molecule has 1 amide bonds.